The van der Waals surface area contributed by atoms with Crippen molar-refractivity contribution in [2.45, 2.75) is 19.9 Å². The number of amides is 1. The highest BCUT2D eigenvalue weighted by Crippen LogP contribution is 2.15. The largest absolute Gasteiger partial charge is 0.351 e. The van der Waals surface area contributed by atoms with Crippen molar-refractivity contribution in [1.82, 2.24) is 19.7 Å². The van der Waals surface area contributed by atoms with Gasteiger partial charge in [-0.05, 0) is 49.1 Å². The molecular formula is C22H22N4O. The van der Waals surface area contributed by atoms with Gasteiger partial charge in [-0.25, -0.2) is 4.68 Å². The minimum Gasteiger partial charge on any atom is -0.351 e. The second-order valence-electron chi connectivity index (χ2n) is 6.60. The Morgan fingerprint density at radius 2 is 1.81 bits per heavy atom. The summed E-state index contributed by atoms with van der Waals surface area (Å²) in [6.45, 7) is 3.43. The van der Waals surface area contributed by atoms with Crippen LogP contribution in [0.1, 0.15) is 22.6 Å². The summed E-state index contributed by atoms with van der Waals surface area (Å²) in [5, 5.41) is 8.66. The number of carbonyl (C=O) groups excluding carboxylic acids is 1. The van der Waals surface area contributed by atoms with Gasteiger partial charge in [-0.3, -0.25) is 4.79 Å². The van der Waals surface area contributed by atoms with Gasteiger partial charge in [0, 0.05) is 30.5 Å². The lowest BCUT2D eigenvalue weighted by atomic mass is 10.2. The van der Waals surface area contributed by atoms with Gasteiger partial charge >= 0.3 is 0 Å². The highest BCUT2D eigenvalue weighted by Gasteiger charge is 2.12. The maximum atomic E-state index is 12.4. The highest BCUT2D eigenvalue weighted by molar-refractivity contribution is 5.92. The molecule has 0 saturated heterocycles. The zero-order chi connectivity index (χ0) is 18.6. The van der Waals surface area contributed by atoms with Crippen LogP contribution in [0.3, 0.4) is 0 Å². The summed E-state index contributed by atoms with van der Waals surface area (Å²) in [5.74, 6) is -0.134. The van der Waals surface area contributed by atoms with Crippen LogP contribution in [-0.4, -0.2) is 26.8 Å². The Bertz CT molecular complexity index is 1060. The van der Waals surface area contributed by atoms with E-state index in [2.05, 4.69) is 39.4 Å². The molecule has 0 unspecified atom stereocenters. The summed E-state index contributed by atoms with van der Waals surface area (Å²) < 4.78 is 4.01. The molecule has 2 aromatic heterocycles. The van der Waals surface area contributed by atoms with Crippen LogP contribution in [0.4, 0.5) is 0 Å². The van der Waals surface area contributed by atoms with E-state index in [0.717, 1.165) is 24.3 Å². The van der Waals surface area contributed by atoms with Crippen molar-refractivity contribution in [2.24, 2.45) is 0 Å². The Balaban J connectivity index is 1.35. The standard InChI is InChI=1S/C22H22N4O/c1-17-16-20(24-26(17)19-9-3-2-4-10-19)22(27)23-13-7-14-25-15-12-18-8-5-6-11-21(18)25/h2-6,8-12,15-16H,7,13-14H2,1H3,(H,23,27). The molecule has 1 amide bonds. The molecular weight excluding hydrogens is 336 g/mol. The number of nitrogens with zero attached hydrogens (tertiary/aromatic N) is 3. The van der Waals surface area contributed by atoms with Gasteiger partial charge in [0.15, 0.2) is 5.69 Å². The summed E-state index contributed by atoms with van der Waals surface area (Å²) >= 11 is 0. The molecule has 136 valence electrons. The van der Waals surface area contributed by atoms with Crippen molar-refractivity contribution in [3.8, 4) is 5.69 Å². The molecule has 27 heavy (non-hydrogen) atoms. The van der Waals surface area contributed by atoms with E-state index in [0.29, 0.717) is 12.2 Å². The molecule has 2 aromatic carbocycles. The normalized spacial score (nSPS) is 11.0. The van der Waals surface area contributed by atoms with Gasteiger partial charge in [0.25, 0.3) is 5.91 Å². The van der Waals surface area contributed by atoms with Crippen molar-refractivity contribution in [3.63, 3.8) is 0 Å². The SMILES string of the molecule is Cc1cc(C(=O)NCCCn2ccc3ccccc32)nn1-c1ccccc1. The predicted octanol–water partition coefficient (Wildman–Crippen LogP) is 3.96. The van der Waals surface area contributed by atoms with E-state index in [4.69, 9.17) is 0 Å². The van der Waals surface area contributed by atoms with Crippen LogP contribution in [0.15, 0.2) is 72.9 Å². The van der Waals surface area contributed by atoms with Gasteiger partial charge in [0.05, 0.1) is 5.69 Å². The molecule has 0 aliphatic carbocycles. The summed E-state index contributed by atoms with van der Waals surface area (Å²) in [4.78, 5) is 12.4. The van der Waals surface area contributed by atoms with Crippen LogP contribution in [0, 0.1) is 6.92 Å². The Morgan fingerprint density at radius 3 is 2.67 bits per heavy atom. The fourth-order valence-electron chi connectivity index (χ4n) is 3.29. The molecule has 0 aliphatic rings. The second-order valence-corrected chi connectivity index (χ2v) is 6.60. The van der Waals surface area contributed by atoms with Gasteiger partial charge in [-0.1, -0.05) is 36.4 Å². The molecule has 1 N–H and O–H groups in total. The fourth-order valence-corrected chi connectivity index (χ4v) is 3.29. The molecule has 0 saturated carbocycles. The van der Waals surface area contributed by atoms with Crippen LogP contribution in [0.25, 0.3) is 16.6 Å². The number of hydrogen-bond donors (Lipinski definition) is 1. The predicted molar refractivity (Wildman–Crippen MR) is 107 cm³/mol. The summed E-state index contributed by atoms with van der Waals surface area (Å²) in [7, 11) is 0. The molecule has 5 heteroatoms. The average Bonchev–Trinajstić information content (AvgIpc) is 3.29. The van der Waals surface area contributed by atoms with Gasteiger partial charge < -0.3 is 9.88 Å². The van der Waals surface area contributed by atoms with E-state index in [-0.39, 0.29) is 5.91 Å². The molecule has 0 radical (unpaired) electrons. The van der Waals surface area contributed by atoms with E-state index >= 15 is 0 Å². The molecule has 0 atom stereocenters. The van der Waals surface area contributed by atoms with E-state index in [9.17, 15) is 4.79 Å². The lowest BCUT2D eigenvalue weighted by molar-refractivity contribution is 0.0947. The van der Waals surface area contributed by atoms with Crippen molar-refractivity contribution < 1.29 is 4.79 Å². The van der Waals surface area contributed by atoms with Crippen LogP contribution in [0.5, 0.6) is 0 Å². The van der Waals surface area contributed by atoms with Crippen LogP contribution in [0.2, 0.25) is 0 Å². The molecule has 0 fully saturated rings. The van der Waals surface area contributed by atoms with E-state index < -0.39 is 0 Å². The van der Waals surface area contributed by atoms with Crippen molar-refractivity contribution in [3.05, 3.63) is 84.3 Å². The van der Waals surface area contributed by atoms with Crippen LogP contribution >= 0.6 is 0 Å². The number of aromatic nitrogens is 3. The van der Waals surface area contributed by atoms with Gasteiger partial charge in [-0.15, -0.1) is 0 Å². The number of hydrogen-bond acceptors (Lipinski definition) is 2. The number of para-hydroxylation sites is 2. The number of aryl methyl sites for hydroxylation is 2. The third-order valence-electron chi connectivity index (χ3n) is 4.66. The maximum Gasteiger partial charge on any atom is 0.271 e. The molecule has 4 aromatic rings. The summed E-state index contributed by atoms with van der Waals surface area (Å²) in [6.07, 6.45) is 2.96. The van der Waals surface area contributed by atoms with Crippen molar-refractivity contribution in [2.75, 3.05) is 6.54 Å². The molecule has 0 aliphatic heterocycles. The highest BCUT2D eigenvalue weighted by atomic mass is 16.1. The number of fused-ring (bicyclic) bond motifs is 1. The zero-order valence-electron chi connectivity index (χ0n) is 15.3. The van der Waals surface area contributed by atoms with Crippen molar-refractivity contribution >= 4 is 16.8 Å². The lowest BCUT2D eigenvalue weighted by Gasteiger charge is -2.06. The smallest absolute Gasteiger partial charge is 0.271 e. The van der Waals surface area contributed by atoms with Gasteiger partial charge in [0.2, 0.25) is 0 Å². The first kappa shape index (κ1) is 17.1. The van der Waals surface area contributed by atoms with Crippen LogP contribution in [-0.2, 0) is 6.54 Å². The summed E-state index contributed by atoms with van der Waals surface area (Å²) in [5.41, 5.74) is 3.56. The number of carbonyl (C=O) groups is 1. The summed E-state index contributed by atoms with van der Waals surface area (Å²) in [6, 6.07) is 22.1. The number of rotatable bonds is 6. The number of nitrogens with one attached hydrogen (secondary N) is 1. The lowest BCUT2D eigenvalue weighted by Crippen LogP contribution is -2.25. The molecule has 0 spiro atoms. The molecule has 0 bridgehead atoms. The third-order valence-corrected chi connectivity index (χ3v) is 4.66. The van der Waals surface area contributed by atoms with E-state index in [1.807, 2.05) is 55.5 Å². The van der Waals surface area contributed by atoms with Gasteiger partial charge in [0.1, 0.15) is 0 Å². The Hall–Kier alpha value is -3.34. The monoisotopic (exact) mass is 358 g/mol. The first-order valence-corrected chi connectivity index (χ1v) is 9.16. The first-order valence-electron chi connectivity index (χ1n) is 9.16. The Labute approximate surface area is 158 Å². The molecule has 4 rings (SSSR count). The molecule has 2 heterocycles. The minimum atomic E-state index is -0.134. The minimum absolute atomic E-state index is 0.134. The first-order chi connectivity index (χ1) is 13.2. The topological polar surface area (TPSA) is 51.9 Å². The number of benzene rings is 2. The second kappa shape index (κ2) is 7.50. The third kappa shape index (κ3) is 3.62. The van der Waals surface area contributed by atoms with Crippen LogP contribution < -0.4 is 5.32 Å². The molecule has 5 nitrogen and oxygen atoms in total. The van der Waals surface area contributed by atoms with E-state index in [1.165, 1.54) is 10.9 Å². The van der Waals surface area contributed by atoms with Crippen molar-refractivity contribution in [1.29, 1.82) is 0 Å². The fraction of sp³-hybridized carbons (Fsp3) is 0.182. The Morgan fingerprint density at radius 1 is 1.04 bits per heavy atom. The average molecular weight is 358 g/mol. The quantitative estimate of drug-likeness (QED) is 0.531. The maximum absolute atomic E-state index is 12.4. The van der Waals surface area contributed by atoms with Gasteiger partial charge in [-0.2, -0.15) is 5.10 Å². The Kier molecular flexibility index (Phi) is 4.75. The van der Waals surface area contributed by atoms with E-state index in [1.54, 1.807) is 4.68 Å². The zero-order valence-corrected chi connectivity index (χ0v) is 15.3.